The second-order valence-electron chi connectivity index (χ2n) is 2.86. The molecule has 1 aromatic heterocycles. The Morgan fingerprint density at radius 3 is 2.64 bits per heavy atom. The van der Waals surface area contributed by atoms with Crippen LogP contribution < -0.4 is 5.56 Å². The molecular formula is C9H9NO4. The van der Waals surface area contributed by atoms with E-state index in [9.17, 15) is 14.4 Å². The summed E-state index contributed by atoms with van der Waals surface area (Å²) in [5.74, 6) is -1.48. The number of carboxylic acid groups (broad SMARTS) is 1. The molecule has 0 aliphatic carbocycles. The quantitative estimate of drug-likeness (QED) is 0.744. The van der Waals surface area contributed by atoms with Crippen molar-refractivity contribution in [2.75, 3.05) is 0 Å². The summed E-state index contributed by atoms with van der Waals surface area (Å²) in [6.07, 6.45) is 1.39. The van der Waals surface area contributed by atoms with Gasteiger partial charge < -0.3 is 9.67 Å². The zero-order valence-electron chi connectivity index (χ0n) is 7.56. The topological polar surface area (TPSA) is 76.4 Å². The van der Waals surface area contributed by atoms with Gasteiger partial charge in [0.2, 0.25) is 0 Å². The van der Waals surface area contributed by atoms with Gasteiger partial charge in [0.15, 0.2) is 0 Å². The van der Waals surface area contributed by atoms with Gasteiger partial charge in [0.1, 0.15) is 11.3 Å². The summed E-state index contributed by atoms with van der Waals surface area (Å²) in [5.41, 5.74) is -0.982. The summed E-state index contributed by atoms with van der Waals surface area (Å²) in [5, 5.41) is 8.63. The molecule has 0 atom stereocenters. The Hall–Kier alpha value is -1.91. The lowest BCUT2D eigenvalue weighted by molar-refractivity contribution is -0.117. The average molecular weight is 195 g/mol. The maximum absolute atomic E-state index is 11.4. The van der Waals surface area contributed by atoms with Crippen LogP contribution in [0.4, 0.5) is 0 Å². The lowest BCUT2D eigenvalue weighted by Gasteiger charge is -2.02. The first-order chi connectivity index (χ1) is 6.52. The van der Waals surface area contributed by atoms with Crippen molar-refractivity contribution in [1.29, 1.82) is 0 Å². The molecule has 0 spiro atoms. The largest absolute Gasteiger partial charge is 0.477 e. The van der Waals surface area contributed by atoms with Crippen molar-refractivity contribution in [2.24, 2.45) is 0 Å². The van der Waals surface area contributed by atoms with Crippen LogP contribution in [0, 0.1) is 0 Å². The van der Waals surface area contributed by atoms with E-state index < -0.39 is 11.5 Å². The summed E-state index contributed by atoms with van der Waals surface area (Å²) in [4.78, 5) is 32.7. The van der Waals surface area contributed by atoms with Crippen LogP contribution >= 0.6 is 0 Å². The van der Waals surface area contributed by atoms with Crippen molar-refractivity contribution in [3.05, 3.63) is 34.2 Å². The third-order valence-corrected chi connectivity index (χ3v) is 1.64. The Morgan fingerprint density at radius 1 is 1.50 bits per heavy atom. The van der Waals surface area contributed by atoms with E-state index in [2.05, 4.69) is 0 Å². The number of rotatable bonds is 3. The van der Waals surface area contributed by atoms with Crippen LogP contribution in [0.1, 0.15) is 17.3 Å². The first kappa shape index (κ1) is 10.2. The molecule has 0 aliphatic heterocycles. The molecule has 0 fully saturated rings. The summed E-state index contributed by atoms with van der Waals surface area (Å²) in [6, 6.07) is 2.63. The molecule has 5 heteroatoms. The molecule has 0 unspecified atom stereocenters. The van der Waals surface area contributed by atoms with E-state index in [1.54, 1.807) is 0 Å². The van der Waals surface area contributed by atoms with Gasteiger partial charge in [-0.2, -0.15) is 0 Å². The zero-order valence-corrected chi connectivity index (χ0v) is 7.56. The molecule has 0 saturated carbocycles. The minimum Gasteiger partial charge on any atom is -0.477 e. The first-order valence-corrected chi connectivity index (χ1v) is 3.94. The lowest BCUT2D eigenvalue weighted by atomic mass is 10.3. The highest BCUT2D eigenvalue weighted by Gasteiger charge is 2.10. The number of Topliss-reactive ketones (excluding diaryl/α,β-unsaturated/α-hetero) is 1. The number of hydrogen-bond donors (Lipinski definition) is 1. The smallest absolute Gasteiger partial charge is 0.341 e. The number of carboxylic acids is 1. The fourth-order valence-electron chi connectivity index (χ4n) is 1.06. The number of aromatic nitrogens is 1. The Labute approximate surface area is 79.6 Å². The van der Waals surface area contributed by atoms with E-state index in [1.807, 2.05) is 0 Å². The fourth-order valence-corrected chi connectivity index (χ4v) is 1.06. The van der Waals surface area contributed by atoms with E-state index in [1.165, 1.54) is 25.3 Å². The van der Waals surface area contributed by atoms with Gasteiger partial charge in [-0.15, -0.1) is 0 Å². The molecule has 0 aliphatic rings. The van der Waals surface area contributed by atoms with Gasteiger partial charge in [0.05, 0.1) is 6.54 Å². The molecule has 0 amide bonds. The lowest BCUT2D eigenvalue weighted by Crippen LogP contribution is -2.27. The van der Waals surface area contributed by atoms with Gasteiger partial charge in [-0.3, -0.25) is 9.59 Å². The van der Waals surface area contributed by atoms with Crippen LogP contribution in [0.25, 0.3) is 0 Å². The van der Waals surface area contributed by atoms with E-state index in [0.717, 1.165) is 4.57 Å². The van der Waals surface area contributed by atoms with E-state index >= 15 is 0 Å². The Kier molecular flexibility index (Phi) is 2.81. The summed E-state index contributed by atoms with van der Waals surface area (Å²) in [6.45, 7) is 1.24. The predicted molar refractivity (Wildman–Crippen MR) is 48.3 cm³/mol. The predicted octanol–water partition coefficient (Wildman–Crippen LogP) is 0.136. The summed E-state index contributed by atoms with van der Waals surface area (Å²) < 4.78 is 1.08. The van der Waals surface area contributed by atoms with Crippen molar-refractivity contribution in [3.8, 4) is 0 Å². The molecular weight excluding hydrogens is 186 g/mol. The highest BCUT2D eigenvalue weighted by Crippen LogP contribution is 1.92. The molecule has 0 radical (unpaired) electrons. The maximum Gasteiger partial charge on any atom is 0.341 e. The Bertz CT molecular complexity index is 433. The van der Waals surface area contributed by atoms with Gasteiger partial charge >= 0.3 is 5.97 Å². The van der Waals surface area contributed by atoms with E-state index in [-0.39, 0.29) is 17.9 Å². The molecule has 1 aromatic rings. The van der Waals surface area contributed by atoms with Crippen molar-refractivity contribution >= 4 is 11.8 Å². The molecule has 0 saturated heterocycles. The zero-order chi connectivity index (χ0) is 10.7. The van der Waals surface area contributed by atoms with Gasteiger partial charge in [0.25, 0.3) is 5.56 Å². The number of carbonyl (C=O) groups is 2. The fraction of sp³-hybridized carbons (Fsp3) is 0.222. The first-order valence-electron chi connectivity index (χ1n) is 3.94. The third kappa shape index (κ3) is 2.07. The molecule has 0 aromatic carbocycles. The van der Waals surface area contributed by atoms with Crippen LogP contribution in [-0.4, -0.2) is 21.4 Å². The minimum atomic E-state index is -1.28. The van der Waals surface area contributed by atoms with Crippen LogP contribution in [0.3, 0.4) is 0 Å². The number of hydrogen-bond acceptors (Lipinski definition) is 3. The van der Waals surface area contributed by atoms with Gasteiger partial charge in [-0.1, -0.05) is 0 Å². The number of ketones is 1. The summed E-state index contributed by atoms with van der Waals surface area (Å²) >= 11 is 0. The van der Waals surface area contributed by atoms with Crippen molar-refractivity contribution < 1.29 is 14.7 Å². The second kappa shape index (κ2) is 3.87. The number of carbonyl (C=O) groups excluding carboxylic acids is 1. The molecule has 14 heavy (non-hydrogen) atoms. The Morgan fingerprint density at radius 2 is 2.14 bits per heavy atom. The monoisotopic (exact) mass is 195 g/mol. The standard InChI is InChI=1S/C9H9NO4/c1-6(11)5-10-4-2-3-7(8(10)12)9(13)14/h2-4H,5H2,1H3,(H,13,14). The molecule has 1 N–H and O–H groups in total. The highest BCUT2D eigenvalue weighted by atomic mass is 16.4. The molecule has 74 valence electrons. The van der Waals surface area contributed by atoms with Crippen molar-refractivity contribution in [1.82, 2.24) is 4.57 Å². The van der Waals surface area contributed by atoms with Gasteiger partial charge in [-0.05, 0) is 19.1 Å². The number of nitrogens with zero attached hydrogens (tertiary/aromatic N) is 1. The number of pyridine rings is 1. The summed E-state index contributed by atoms with van der Waals surface area (Å²) in [7, 11) is 0. The van der Waals surface area contributed by atoms with Crippen LogP contribution in [0.5, 0.6) is 0 Å². The van der Waals surface area contributed by atoms with E-state index in [0.29, 0.717) is 0 Å². The molecule has 0 bridgehead atoms. The maximum atomic E-state index is 11.4. The molecule has 1 heterocycles. The van der Waals surface area contributed by atoms with Crippen LogP contribution in [0.2, 0.25) is 0 Å². The van der Waals surface area contributed by atoms with Gasteiger partial charge in [0, 0.05) is 6.20 Å². The third-order valence-electron chi connectivity index (χ3n) is 1.64. The molecule has 5 nitrogen and oxygen atoms in total. The van der Waals surface area contributed by atoms with Crippen molar-refractivity contribution in [3.63, 3.8) is 0 Å². The van der Waals surface area contributed by atoms with Gasteiger partial charge in [-0.25, -0.2) is 4.79 Å². The molecule has 1 rings (SSSR count). The van der Waals surface area contributed by atoms with E-state index in [4.69, 9.17) is 5.11 Å². The van der Waals surface area contributed by atoms with Crippen molar-refractivity contribution in [2.45, 2.75) is 13.5 Å². The minimum absolute atomic E-state index is 0.0973. The highest BCUT2D eigenvalue weighted by molar-refractivity contribution is 5.87. The van der Waals surface area contributed by atoms with Crippen LogP contribution in [-0.2, 0) is 11.3 Å². The average Bonchev–Trinajstić information content (AvgIpc) is 2.07. The number of aromatic carboxylic acids is 1. The Balaban J connectivity index is 3.21. The normalized spacial score (nSPS) is 9.79. The van der Waals surface area contributed by atoms with Crippen LogP contribution in [0.15, 0.2) is 23.1 Å². The SMILES string of the molecule is CC(=O)Cn1cccc(C(=O)O)c1=O. The second-order valence-corrected chi connectivity index (χ2v) is 2.86.